The first kappa shape index (κ1) is 12.1. The summed E-state index contributed by atoms with van der Waals surface area (Å²) in [5.74, 6) is 0.287. The lowest BCUT2D eigenvalue weighted by atomic mass is 10.3. The van der Waals surface area contributed by atoms with Crippen LogP contribution >= 0.6 is 0 Å². The summed E-state index contributed by atoms with van der Waals surface area (Å²) in [6.45, 7) is 1.84. The van der Waals surface area contributed by atoms with Gasteiger partial charge in [-0.1, -0.05) is 0 Å². The quantitative estimate of drug-likeness (QED) is 0.888. The summed E-state index contributed by atoms with van der Waals surface area (Å²) in [7, 11) is 3.27. The third-order valence-corrected chi connectivity index (χ3v) is 2.44. The molecule has 0 saturated carbocycles. The Morgan fingerprint density at radius 2 is 2.22 bits per heavy atom. The van der Waals surface area contributed by atoms with Crippen molar-refractivity contribution in [2.45, 2.75) is 6.92 Å². The van der Waals surface area contributed by atoms with Crippen LogP contribution < -0.4 is 10.1 Å². The Kier molecular flexibility index (Phi) is 3.27. The summed E-state index contributed by atoms with van der Waals surface area (Å²) < 4.78 is 6.49. The zero-order chi connectivity index (χ0) is 13.1. The smallest absolute Gasteiger partial charge is 0.273 e. The Morgan fingerprint density at radius 3 is 2.72 bits per heavy atom. The fraction of sp³-hybridized carbons (Fsp3) is 0.250. The van der Waals surface area contributed by atoms with Crippen LogP contribution in [0.3, 0.4) is 0 Å². The number of ether oxygens (including phenoxy) is 1. The Morgan fingerprint density at radius 1 is 1.44 bits per heavy atom. The van der Waals surface area contributed by atoms with E-state index in [1.807, 2.05) is 6.92 Å². The molecule has 0 aliphatic heterocycles. The van der Waals surface area contributed by atoms with Crippen molar-refractivity contribution < 1.29 is 9.53 Å². The molecule has 2 aromatic rings. The first-order valence-corrected chi connectivity index (χ1v) is 5.42. The molecule has 1 N–H and O–H groups in total. The van der Waals surface area contributed by atoms with Crippen LogP contribution in [0, 0.1) is 6.92 Å². The molecule has 0 bridgehead atoms. The molecule has 0 aromatic carbocycles. The van der Waals surface area contributed by atoms with Crippen molar-refractivity contribution in [3.05, 3.63) is 35.8 Å². The van der Waals surface area contributed by atoms with Gasteiger partial charge in [0, 0.05) is 13.1 Å². The molecule has 94 valence electrons. The molecule has 0 fully saturated rings. The van der Waals surface area contributed by atoms with Crippen LogP contribution in [0.15, 0.2) is 24.4 Å². The number of hydrogen-bond acceptors (Lipinski definition) is 4. The molecule has 2 heterocycles. The Bertz CT molecular complexity index is 560. The number of hydrogen-bond donors (Lipinski definition) is 1. The van der Waals surface area contributed by atoms with Gasteiger partial charge in [-0.3, -0.25) is 9.48 Å². The number of carbonyl (C=O) groups is 1. The Balaban J connectivity index is 2.13. The number of rotatable bonds is 3. The monoisotopic (exact) mass is 246 g/mol. The molecule has 0 aliphatic rings. The van der Waals surface area contributed by atoms with Crippen LogP contribution in [0.4, 0.5) is 5.69 Å². The zero-order valence-electron chi connectivity index (χ0n) is 10.5. The van der Waals surface area contributed by atoms with Crippen LogP contribution in [-0.2, 0) is 7.05 Å². The highest BCUT2D eigenvalue weighted by molar-refractivity contribution is 6.03. The number of aromatic nitrogens is 3. The van der Waals surface area contributed by atoms with Gasteiger partial charge in [0.2, 0.25) is 5.88 Å². The molecule has 0 aliphatic carbocycles. The number of carbonyl (C=O) groups excluding carboxylic acids is 1. The van der Waals surface area contributed by atoms with Gasteiger partial charge in [0.05, 0.1) is 24.7 Å². The van der Waals surface area contributed by atoms with Gasteiger partial charge in [0.1, 0.15) is 5.69 Å². The highest BCUT2D eigenvalue weighted by Gasteiger charge is 2.11. The van der Waals surface area contributed by atoms with Gasteiger partial charge < -0.3 is 10.1 Å². The second-order valence-corrected chi connectivity index (χ2v) is 3.84. The first-order valence-electron chi connectivity index (χ1n) is 5.42. The average Bonchev–Trinajstić information content (AvgIpc) is 2.69. The van der Waals surface area contributed by atoms with Gasteiger partial charge in [0.15, 0.2) is 0 Å². The predicted octanol–water partition coefficient (Wildman–Crippen LogP) is 1.38. The van der Waals surface area contributed by atoms with Crippen molar-refractivity contribution in [1.29, 1.82) is 0 Å². The van der Waals surface area contributed by atoms with Gasteiger partial charge in [-0.15, -0.1) is 0 Å². The molecule has 0 unspecified atom stereocenters. The van der Waals surface area contributed by atoms with Gasteiger partial charge in [-0.2, -0.15) is 5.10 Å². The van der Waals surface area contributed by atoms with Crippen molar-refractivity contribution >= 4 is 11.6 Å². The topological polar surface area (TPSA) is 69.0 Å². The van der Waals surface area contributed by atoms with Crippen LogP contribution in [0.25, 0.3) is 0 Å². The van der Waals surface area contributed by atoms with E-state index >= 15 is 0 Å². The summed E-state index contributed by atoms with van der Waals surface area (Å²) >= 11 is 0. The molecule has 1 amide bonds. The first-order chi connectivity index (χ1) is 8.60. The zero-order valence-corrected chi connectivity index (χ0v) is 10.5. The van der Waals surface area contributed by atoms with Crippen molar-refractivity contribution in [3.8, 4) is 5.88 Å². The molecule has 18 heavy (non-hydrogen) atoms. The minimum Gasteiger partial charge on any atom is -0.481 e. The predicted molar refractivity (Wildman–Crippen MR) is 66.7 cm³/mol. The minimum absolute atomic E-state index is 0.218. The van der Waals surface area contributed by atoms with E-state index < -0.39 is 0 Å². The maximum absolute atomic E-state index is 12.0. The standard InChI is InChI=1S/C12H14N4O2/c1-8-6-10(16(2)15-8)12(17)14-9-4-5-11(18-3)13-7-9/h4-7H,1-3H3,(H,14,17). The Labute approximate surface area is 105 Å². The number of methoxy groups -OCH3 is 1. The molecule has 6 heteroatoms. The van der Waals surface area contributed by atoms with E-state index in [1.54, 1.807) is 43.2 Å². The van der Waals surface area contributed by atoms with E-state index in [4.69, 9.17) is 4.74 Å². The van der Waals surface area contributed by atoms with Crippen LogP contribution in [0.2, 0.25) is 0 Å². The SMILES string of the molecule is COc1ccc(NC(=O)c2cc(C)nn2C)cn1. The van der Waals surface area contributed by atoms with Gasteiger partial charge in [0.25, 0.3) is 5.91 Å². The fourth-order valence-electron chi connectivity index (χ4n) is 1.59. The molecular formula is C12H14N4O2. The summed E-state index contributed by atoms with van der Waals surface area (Å²) in [5, 5.41) is 6.87. The van der Waals surface area contributed by atoms with Crippen molar-refractivity contribution in [2.75, 3.05) is 12.4 Å². The summed E-state index contributed by atoms with van der Waals surface area (Å²) in [6, 6.07) is 5.14. The number of anilines is 1. The van der Waals surface area contributed by atoms with Gasteiger partial charge in [-0.25, -0.2) is 4.98 Å². The molecule has 0 saturated heterocycles. The number of nitrogens with one attached hydrogen (secondary N) is 1. The largest absolute Gasteiger partial charge is 0.481 e. The second-order valence-electron chi connectivity index (χ2n) is 3.84. The van der Waals surface area contributed by atoms with E-state index in [9.17, 15) is 4.79 Å². The number of pyridine rings is 1. The lowest BCUT2D eigenvalue weighted by Gasteiger charge is -2.05. The Hall–Kier alpha value is -2.37. The second kappa shape index (κ2) is 4.87. The lowest BCUT2D eigenvalue weighted by Crippen LogP contribution is -2.16. The maximum atomic E-state index is 12.0. The third-order valence-electron chi connectivity index (χ3n) is 2.44. The number of nitrogens with zero attached hydrogens (tertiary/aromatic N) is 3. The van der Waals surface area contributed by atoms with E-state index in [0.29, 0.717) is 17.3 Å². The van der Waals surface area contributed by atoms with E-state index in [2.05, 4.69) is 15.4 Å². The van der Waals surface area contributed by atoms with E-state index in [0.717, 1.165) is 5.69 Å². The van der Waals surface area contributed by atoms with Crippen molar-refractivity contribution in [3.63, 3.8) is 0 Å². The molecule has 0 radical (unpaired) electrons. The molecule has 2 aromatic heterocycles. The number of amides is 1. The summed E-state index contributed by atoms with van der Waals surface area (Å²) in [4.78, 5) is 16.0. The summed E-state index contributed by atoms with van der Waals surface area (Å²) in [6.07, 6.45) is 1.54. The highest BCUT2D eigenvalue weighted by atomic mass is 16.5. The minimum atomic E-state index is -0.218. The summed E-state index contributed by atoms with van der Waals surface area (Å²) in [5.41, 5.74) is 1.92. The molecule has 6 nitrogen and oxygen atoms in total. The molecule has 0 spiro atoms. The fourth-order valence-corrected chi connectivity index (χ4v) is 1.59. The van der Waals surface area contributed by atoms with Crippen molar-refractivity contribution in [2.24, 2.45) is 7.05 Å². The number of aryl methyl sites for hydroxylation is 2. The highest BCUT2D eigenvalue weighted by Crippen LogP contribution is 2.12. The molecular weight excluding hydrogens is 232 g/mol. The third kappa shape index (κ3) is 2.48. The molecule has 2 rings (SSSR count). The van der Waals surface area contributed by atoms with Crippen molar-refractivity contribution in [1.82, 2.24) is 14.8 Å². The lowest BCUT2D eigenvalue weighted by molar-refractivity contribution is 0.101. The van der Waals surface area contributed by atoms with E-state index in [1.165, 1.54) is 0 Å². The van der Waals surface area contributed by atoms with E-state index in [-0.39, 0.29) is 5.91 Å². The van der Waals surface area contributed by atoms with Crippen LogP contribution in [0.5, 0.6) is 5.88 Å². The van der Waals surface area contributed by atoms with Crippen LogP contribution in [-0.4, -0.2) is 27.8 Å². The molecule has 0 atom stereocenters. The van der Waals surface area contributed by atoms with Gasteiger partial charge in [-0.05, 0) is 19.1 Å². The van der Waals surface area contributed by atoms with Crippen LogP contribution in [0.1, 0.15) is 16.2 Å². The normalized spacial score (nSPS) is 10.2. The maximum Gasteiger partial charge on any atom is 0.273 e. The average molecular weight is 246 g/mol. The van der Waals surface area contributed by atoms with Gasteiger partial charge >= 0.3 is 0 Å².